The largest absolute Gasteiger partial charge is 0.419 e. The van der Waals surface area contributed by atoms with Crippen molar-refractivity contribution in [2.24, 2.45) is 0 Å². The van der Waals surface area contributed by atoms with Gasteiger partial charge in [0.05, 0.1) is 0 Å². The Labute approximate surface area is 175 Å². The Balaban J connectivity index is 2.75. The first-order chi connectivity index (χ1) is 14.1. The molecule has 6 heteroatoms. The molecule has 0 aliphatic carbocycles. The number of ether oxygens (including phenoxy) is 3. The van der Waals surface area contributed by atoms with E-state index in [1.54, 1.807) is 30.3 Å². The highest BCUT2D eigenvalue weighted by Crippen LogP contribution is 2.45. The zero-order valence-corrected chi connectivity index (χ0v) is 17.1. The van der Waals surface area contributed by atoms with Crippen LogP contribution in [0.25, 0.3) is 11.1 Å². The molecule has 0 fully saturated rings. The summed E-state index contributed by atoms with van der Waals surface area (Å²) in [6, 6.07) is 12.0. The third-order valence-corrected chi connectivity index (χ3v) is 3.80. The monoisotopic (exact) mass is 406 g/mol. The minimum atomic E-state index is -0.777. The van der Waals surface area contributed by atoms with Gasteiger partial charge in [0.25, 0.3) is 0 Å². The molecule has 154 valence electrons. The molecule has 2 rings (SSSR count). The van der Waals surface area contributed by atoms with Gasteiger partial charge in [0.15, 0.2) is 11.5 Å². The predicted octanol–water partition coefficient (Wildman–Crippen LogP) is 4.80. The molecule has 2 aromatic carbocycles. The van der Waals surface area contributed by atoms with Gasteiger partial charge in [-0.05, 0) is 38.5 Å². The highest BCUT2D eigenvalue weighted by molar-refractivity contribution is 5.95. The molecule has 0 aliphatic rings. The average molecular weight is 406 g/mol. The van der Waals surface area contributed by atoms with Gasteiger partial charge < -0.3 is 14.2 Å². The maximum Gasteiger partial charge on any atom is 0.338 e. The normalized spacial score (nSPS) is 9.97. The van der Waals surface area contributed by atoms with Crippen LogP contribution >= 0.6 is 0 Å². The van der Waals surface area contributed by atoms with Gasteiger partial charge >= 0.3 is 17.9 Å². The first-order valence-corrected chi connectivity index (χ1v) is 8.97. The van der Waals surface area contributed by atoms with Gasteiger partial charge in [-0.2, -0.15) is 0 Å². The third kappa shape index (κ3) is 5.32. The van der Waals surface area contributed by atoms with Gasteiger partial charge in [0, 0.05) is 22.3 Å². The lowest BCUT2D eigenvalue weighted by Crippen LogP contribution is -2.16. The summed E-state index contributed by atoms with van der Waals surface area (Å²) in [6.45, 7) is 15.1. The van der Waals surface area contributed by atoms with Crippen molar-refractivity contribution in [3.05, 3.63) is 78.9 Å². The number of carbonyl (C=O) groups is 3. The molecule has 0 radical (unpaired) electrons. The number of hydrogen-bond donors (Lipinski definition) is 0. The molecule has 0 N–H and O–H groups in total. The minimum Gasteiger partial charge on any atom is -0.419 e. The predicted molar refractivity (Wildman–Crippen MR) is 113 cm³/mol. The molecule has 30 heavy (non-hydrogen) atoms. The summed E-state index contributed by atoms with van der Waals surface area (Å²) in [5, 5.41) is 0. The maximum atomic E-state index is 12.3. The fraction of sp³-hybridized carbons (Fsp3) is 0.125. The lowest BCUT2D eigenvalue weighted by molar-refractivity contribution is -0.133. The summed E-state index contributed by atoms with van der Waals surface area (Å²) >= 11 is 0. The third-order valence-electron chi connectivity index (χ3n) is 3.80. The lowest BCUT2D eigenvalue weighted by Gasteiger charge is -2.18. The SMILES string of the molecule is C=C(C)C(=O)Oc1ccc(-c2ccccc2)c(OC(=O)C(=C)C)c1OC(=O)C(=C)C. The van der Waals surface area contributed by atoms with E-state index in [0.29, 0.717) is 11.1 Å². The van der Waals surface area contributed by atoms with E-state index in [1.165, 1.54) is 26.8 Å². The van der Waals surface area contributed by atoms with E-state index in [2.05, 4.69) is 19.7 Å². The highest BCUT2D eigenvalue weighted by Gasteiger charge is 2.25. The minimum absolute atomic E-state index is 0.0872. The molecule has 0 bridgehead atoms. The zero-order chi connectivity index (χ0) is 22.4. The Kier molecular flexibility index (Phi) is 7.09. The molecule has 2 aromatic rings. The van der Waals surface area contributed by atoms with E-state index in [0.717, 1.165) is 0 Å². The highest BCUT2D eigenvalue weighted by atomic mass is 16.6. The van der Waals surface area contributed by atoms with Crippen LogP contribution in [-0.4, -0.2) is 17.9 Å². The molecule has 0 saturated carbocycles. The quantitative estimate of drug-likeness (QED) is 0.373. The molecule has 0 atom stereocenters. The van der Waals surface area contributed by atoms with E-state index >= 15 is 0 Å². The standard InChI is InChI=1S/C24H22O6/c1-14(2)22(25)28-19-13-12-18(17-10-8-7-9-11-17)20(29-23(26)15(3)4)21(19)30-24(27)16(5)6/h7-13H,1,3,5H2,2,4,6H3. The molecular formula is C24H22O6. The smallest absolute Gasteiger partial charge is 0.338 e. The molecule has 0 aromatic heterocycles. The fourth-order valence-corrected chi connectivity index (χ4v) is 2.21. The Morgan fingerprint density at radius 1 is 0.633 bits per heavy atom. The molecule has 6 nitrogen and oxygen atoms in total. The molecule has 0 amide bonds. The van der Waals surface area contributed by atoms with Crippen molar-refractivity contribution < 1.29 is 28.6 Å². The average Bonchev–Trinajstić information content (AvgIpc) is 2.70. The van der Waals surface area contributed by atoms with Gasteiger partial charge in [-0.15, -0.1) is 0 Å². The van der Waals surface area contributed by atoms with E-state index < -0.39 is 17.9 Å². The van der Waals surface area contributed by atoms with Crippen molar-refractivity contribution >= 4 is 17.9 Å². The van der Waals surface area contributed by atoms with Crippen LogP contribution in [0.4, 0.5) is 0 Å². The summed E-state index contributed by atoms with van der Waals surface area (Å²) in [5.41, 5.74) is 1.52. The van der Waals surface area contributed by atoms with E-state index in [-0.39, 0.29) is 34.0 Å². The molecule has 0 saturated heterocycles. The molecule has 0 spiro atoms. The Morgan fingerprint density at radius 3 is 1.60 bits per heavy atom. The summed E-state index contributed by atoms with van der Waals surface area (Å²) in [7, 11) is 0. The number of benzene rings is 2. The van der Waals surface area contributed by atoms with Crippen LogP contribution in [0.5, 0.6) is 17.2 Å². The number of rotatable bonds is 7. The zero-order valence-electron chi connectivity index (χ0n) is 17.1. The number of esters is 3. The molecule has 0 heterocycles. The molecule has 0 aliphatic heterocycles. The number of carbonyl (C=O) groups excluding carboxylic acids is 3. The topological polar surface area (TPSA) is 78.9 Å². The van der Waals surface area contributed by atoms with Gasteiger partial charge in [0.2, 0.25) is 5.75 Å². The van der Waals surface area contributed by atoms with Crippen molar-refractivity contribution in [2.75, 3.05) is 0 Å². The summed E-state index contributed by atoms with van der Waals surface area (Å²) in [5.74, 6) is -2.66. The Bertz CT molecular complexity index is 1050. The van der Waals surface area contributed by atoms with Crippen molar-refractivity contribution in [3.8, 4) is 28.4 Å². The van der Waals surface area contributed by atoms with E-state index in [1.807, 2.05) is 6.07 Å². The van der Waals surface area contributed by atoms with Gasteiger partial charge in [-0.1, -0.05) is 50.1 Å². The van der Waals surface area contributed by atoms with E-state index in [9.17, 15) is 14.4 Å². The van der Waals surface area contributed by atoms with Crippen molar-refractivity contribution in [1.29, 1.82) is 0 Å². The first-order valence-electron chi connectivity index (χ1n) is 8.97. The van der Waals surface area contributed by atoms with Crippen LogP contribution in [0, 0.1) is 0 Å². The summed E-state index contributed by atoms with van der Waals surface area (Å²) < 4.78 is 16.2. The van der Waals surface area contributed by atoms with Crippen molar-refractivity contribution in [1.82, 2.24) is 0 Å². The molecule has 0 unspecified atom stereocenters. The first kappa shape index (κ1) is 22.4. The second-order valence-electron chi connectivity index (χ2n) is 6.65. The summed E-state index contributed by atoms with van der Waals surface area (Å²) in [4.78, 5) is 36.7. The van der Waals surface area contributed by atoms with Crippen LogP contribution in [0.15, 0.2) is 78.9 Å². The van der Waals surface area contributed by atoms with Gasteiger partial charge in [-0.3, -0.25) is 0 Å². The number of hydrogen-bond acceptors (Lipinski definition) is 6. The second-order valence-corrected chi connectivity index (χ2v) is 6.65. The Morgan fingerprint density at radius 2 is 1.10 bits per heavy atom. The van der Waals surface area contributed by atoms with Crippen LogP contribution in [0.1, 0.15) is 20.8 Å². The fourth-order valence-electron chi connectivity index (χ4n) is 2.21. The van der Waals surface area contributed by atoms with Crippen molar-refractivity contribution in [3.63, 3.8) is 0 Å². The second kappa shape index (κ2) is 9.52. The van der Waals surface area contributed by atoms with Crippen LogP contribution < -0.4 is 14.2 Å². The molecular weight excluding hydrogens is 384 g/mol. The van der Waals surface area contributed by atoms with E-state index in [4.69, 9.17) is 14.2 Å². The lowest BCUT2D eigenvalue weighted by atomic mass is 10.0. The van der Waals surface area contributed by atoms with Gasteiger partial charge in [0.1, 0.15) is 0 Å². The Hall–Kier alpha value is -3.93. The summed E-state index contributed by atoms with van der Waals surface area (Å²) in [6.07, 6.45) is 0. The maximum absolute atomic E-state index is 12.3. The van der Waals surface area contributed by atoms with Crippen LogP contribution in [-0.2, 0) is 14.4 Å². The van der Waals surface area contributed by atoms with Crippen LogP contribution in [0.3, 0.4) is 0 Å². The van der Waals surface area contributed by atoms with Crippen molar-refractivity contribution in [2.45, 2.75) is 20.8 Å². The van der Waals surface area contributed by atoms with Gasteiger partial charge in [-0.25, -0.2) is 14.4 Å². The van der Waals surface area contributed by atoms with Crippen LogP contribution in [0.2, 0.25) is 0 Å².